The standard InChI is InChI=1S/C16H13F4N3O2/c17-9-1-2-13(11(7-9)16(18,19)20)25-15-10-3-5-21-8-12(10)22-14(23-15)4-6-24/h1-2,6-7,21H,3-5,8H2. The zero-order valence-corrected chi connectivity index (χ0v) is 12.9. The van der Waals surface area contributed by atoms with Gasteiger partial charge in [-0.05, 0) is 31.2 Å². The minimum absolute atomic E-state index is 0.0412. The second-order valence-electron chi connectivity index (χ2n) is 5.41. The first-order chi connectivity index (χ1) is 11.9. The predicted octanol–water partition coefficient (Wildman–Crippen LogP) is 2.81. The molecule has 0 spiro atoms. The Labute approximate surface area is 140 Å². The first kappa shape index (κ1) is 17.3. The molecule has 0 saturated carbocycles. The van der Waals surface area contributed by atoms with E-state index in [1.165, 1.54) is 0 Å². The molecule has 0 saturated heterocycles. The van der Waals surface area contributed by atoms with Crippen molar-refractivity contribution in [3.05, 3.63) is 46.7 Å². The van der Waals surface area contributed by atoms with Gasteiger partial charge in [-0.2, -0.15) is 18.2 Å². The molecular formula is C16H13F4N3O2. The lowest BCUT2D eigenvalue weighted by Gasteiger charge is -2.20. The van der Waals surface area contributed by atoms with Crippen LogP contribution in [0.5, 0.6) is 11.6 Å². The van der Waals surface area contributed by atoms with Crippen LogP contribution in [0.25, 0.3) is 0 Å². The van der Waals surface area contributed by atoms with E-state index in [4.69, 9.17) is 4.74 Å². The number of ether oxygens (including phenoxy) is 1. The van der Waals surface area contributed by atoms with Crippen molar-refractivity contribution in [2.24, 2.45) is 0 Å². The number of alkyl halides is 3. The molecule has 2 heterocycles. The van der Waals surface area contributed by atoms with Gasteiger partial charge in [-0.25, -0.2) is 9.37 Å². The second-order valence-corrected chi connectivity index (χ2v) is 5.41. The van der Waals surface area contributed by atoms with Crippen molar-refractivity contribution >= 4 is 6.29 Å². The van der Waals surface area contributed by atoms with E-state index in [1.807, 2.05) is 0 Å². The zero-order chi connectivity index (χ0) is 18.0. The molecule has 2 aromatic rings. The maximum absolute atomic E-state index is 13.2. The molecule has 132 valence electrons. The fourth-order valence-electron chi connectivity index (χ4n) is 2.54. The van der Waals surface area contributed by atoms with Gasteiger partial charge in [0.25, 0.3) is 0 Å². The molecule has 0 aliphatic carbocycles. The van der Waals surface area contributed by atoms with Crippen LogP contribution in [0, 0.1) is 5.82 Å². The van der Waals surface area contributed by atoms with Crippen molar-refractivity contribution in [2.45, 2.75) is 25.6 Å². The molecule has 0 amide bonds. The highest BCUT2D eigenvalue weighted by molar-refractivity contribution is 5.53. The highest BCUT2D eigenvalue weighted by Gasteiger charge is 2.35. The average molecular weight is 355 g/mol. The number of carbonyl (C=O) groups excluding carboxylic acids is 1. The molecule has 1 aromatic heterocycles. The average Bonchev–Trinajstić information content (AvgIpc) is 2.56. The number of carbonyl (C=O) groups is 1. The van der Waals surface area contributed by atoms with E-state index in [-0.39, 0.29) is 18.1 Å². The van der Waals surface area contributed by atoms with Crippen molar-refractivity contribution in [3.8, 4) is 11.6 Å². The van der Waals surface area contributed by atoms with Gasteiger partial charge in [-0.15, -0.1) is 0 Å². The molecule has 25 heavy (non-hydrogen) atoms. The number of halogens is 4. The maximum atomic E-state index is 13.2. The van der Waals surface area contributed by atoms with Gasteiger partial charge < -0.3 is 14.8 Å². The Morgan fingerprint density at radius 2 is 2.08 bits per heavy atom. The minimum atomic E-state index is -4.78. The third kappa shape index (κ3) is 3.76. The van der Waals surface area contributed by atoms with Crippen LogP contribution in [0.4, 0.5) is 17.6 Å². The number of aromatic nitrogens is 2. The predicted molar refractivity (Wildman–Crippen MR) is 78.7 cm³/mol. The fourth-order valence-corrected chi connectivity index (χ4v) is 2.54. The van der Waals surface area contributed by atoms with E-state index in [1.54, 1.807) is 0 Å². The van der Waals surface area contributed by atoms with E-state index in [9.17, 15) is 22.4 Å². The largest absolute Gasteiger partial charge is 0.438 e. The molecule has 3 rings (SSSR count). The molecule has 0 unspecified atom stereocenters. The molecule has 9 heteroatoms. The highest BCUT2D eigenvalue weighted by atomic mass is 19.4. The maximum Gasteiger partial charge on any atom is 0.420 e. The van der Waals surface area contributed by atoms with Gasteiger partial charge in [0.1, 0.15) is 29.2 Å². The number of benzene rings is 1. The van der Waals surface area contributed by atoms with Crippen molar-refractivity contribution in [1.82, 2.24) is 15.3 Å². The molecule has 1 N–H and O–H groups in total. The summed E-state index contributed by atoms with van der Waals surface area (Å²) in [4.78, 5) is 19.0. The van der Waals surface area contributed by atoms with Crippen LogP contribution in [0.2, 0.25) is 0 Å². The Hall–Kier alpha value is -2.55. The Morgan fingerprint density at radius 3 is 2.80 bits per heavy atom. The number of nitrogens with zero attached hydrogens (tertiary/aromatic N) is 2. The Morgan fingerprint density at radius 1 is 1.28 bits per heavy atom. The van der Waals surface area contributed by atoms with Gasteiger partial charge in [-0.3, -0.25) is 0 Å². The molecule has 0 radical (unpaired) electrons. The van der Waals surface area contributed by atoms with Crippen LogP contribution in [-0.2, 0) is 30.4 Å². The summed E-state index contributed by atoms with van der Waals surface area (Å²) in [6.45, 7) is 0.991. The monoisotopic (exact) mass is 355 g/mol. The summed E-state index contributed by atoms with van der Waals surface area (Å²) in [6, 6.07) is 2.16. The van der Waals surface area contributed by atoms with Gasteiger partial charge >= 0.3 is 6.18 Å². The van der Waals surface area contributed by atoms with E-state index in [2.05, 4.69) is 15.3 Å². The topological polar surface area (TPSA) is 64.1 Å². The molecule has 0 atom stereocenters. The molecule has 1 aromatic carbocycles. The lowest BCUT2D eigenvalue weighted by Crippen LogP contribution is -2.26. The summed E-state index contributed by atoms with van der Waals surface area (Å²) in [7, 11) is 0. The molecule has 0 fully saturated rings. The summed E-state index contributed by atoms with van der Waals surface area (Å²) in [5.41, 5.74) is -0.0830. The van der Waals surface area contributed by atoms with Crippen LogP contribution in [0.1, 0.15) is 22.6 Å². The molecule has 0 bridgehead atoms. The number of hydrogen-bond acceptors (Lipinski definition) is 5. The molecule has 1 aliphatic rings. The molecule has 1 aliphatic heterocycles. The number of hydrogen-bond donors (Lipinski definition) is 1. The van der Waals surface area contributed by atoms with Crippen molar-refractivity contribution in [3.63, 3.8) is 0 Å². The van der Waals surface area contributed by atoms with Crippen molar-refractivity contribution < 1.29 is 27.1 Å². The summed E-state index contributed by atoms with van der Waals surface area (Å²) in [5.74, 6) is -1.45. The van der Waals surface area contributed by atoms with E-state index in [0.29, 0.717) is 43.1 Å². The Bertz CT molecular complexity index is 809. The summed E-state index contributed by atoms with van der Waals surface area (Å²) < 4.78 is 58.0. The van der Waals surface area contributed by atoms with Crippen molar-refractivity contribution in [2.75, 3.05) is 6.54 Å². The van der Waals surface area contributed by atoms with Crippen LogP contribution in [0.3, 0.4) is 0 Å². The van der Waals surface area contributed by atoms with Crippen LogP contribution >= 0.6 is 0 Å². The molecule has 5 nitrogen and oxygen atoms in total. The summed E-state index contributed by atoms with van der Waals surface area (Å²) in [5, 5.41) is 3.08. The van der Waals surface area contributed by atoms with E-state index >= 15 is 0 Å². The fraction of sp³-hybridized carbons (Fsp3) is 0.312. The number of fused-ring (bicyclic) bond motifs is 1. The van der Waals surface area contributed by atoms with Gasteiger partial charge in [0.15, 0.2) is 0 Å². The van der Waals surface area contributed by atoms with Crippen molar-refractivity contribution in [1.29, 1.82) is 0 Å². The Balaban J connectivity index is 2.06. The van der Waals surface area contributed by atoms with Gasteiger partial charge in [-0.1, -0.05) is 0 Å². The molecular weight excluding hydrogens is 342 g/mol. The quantitative estimate of drug-likeness (QED) is 0.675. The van der Waals surface area contributed by atoms with Crippen LogP contribution < -0.4 is 10.1 Å². The van der Waals surface area contributed by atoms with Gasteiger partial charge in [0.2, 0.25) is 5.88 Å². The van der Waals surface area contributed by atoms with Crippen LogP contribution in [0.15, 0.2) is 18.2 Å². The second kappa shape index (κ2) is 6.75. The third-order valence-corrected chi connectivity index (χ3v) is 3.66. The number of nitrogens with one attached hydrogen (secondary N) is 1. The summed E-state index contributed by atoms with van der Waals surface area (Å²) in [6.07, 6.45) is -3.80. The van der Waals surface area contributed by atoms with E-state index in [0.717, 1.165) is 12.1 Å². The first-order valence-corrected chi connectivity index (χ1v) is 7.46. The lowest BCUT2D eigenvalue weighted by molar-refractivity contribution is -0.138. The summed E-state index contributed by atoms with van der Waals surface area (Å²) >= 11 is 0. The number of aldehydes is 1. The van der Waals surface area contributed by atoms with Gasteiger partial charge in [0, 0.05) is 12.1 Å². The first-order valence-electron chi connectivity index (χ1n) is 7.46. The lowest BCUT2D eigenvalue weighted by atomic mass is 10.1. The smallest absolute Gasteiger partial charge is 0.420 e. The number of rotatable bonds is 4. The zero-order valence-electron chi connectivity index (χ0n) is 12.9. The Kier molecular flexibility index (Phi) is 4.67. The SMILES string of the molecule is O=CCc1nc2c(c(Oc3ccc(F)cc3C(F)(F)F)n1)CCNC2. The van der Waals surface area contributed by atoms with Crippen LogP contribution in [-0.4, -0.2) is 22.8 Å². The van der Waals surface area contributed by atoms with E-state index < -0.39 is 23.3 Å². The highest BCUT2D eigenvalue weighted by Crippen LogP contribution is 2.39. The third-order valence-electron chi connectivity index (χ3n) is 3.66. The van der Waals surface area contributed by atoms with Gasteiger partial charge in [0.05, 0.1) is 12.1 Å². The minimum Gasteiger partial charge on any atom is -0.438 e. The normalized spacial score (nSPS) is 14.1.